The molecule has 4 nitrogen and oxygen atoms in total. The maximum absolute atomic E-state index is 5.18. The van der Waals surface area contributed by atoms with Gasteiger partial charge < -0.3 is 10.1 Å². The van der Waals surface area contributed by atoms with Crippen molar-refractivity contribution in [3.05, 3.63) is 41.7 Å². The predicted molar refractivity (Wildman–Crippen MR) is 75.5 cm³/mol. The minimum absolute atomic E-state index is 0.367. The second-order valence-corrected chi connectivity index (χ2v) is 4.99. The Morgan fingerprint density at radius 1 is 1.32 bits per heavy atom. The number of hydrogen-bond acceptors (Lipinski definition) is 3. The number of benzene rings is 1. The second kappa shape index (κ2) is 4.96. The molecule has 100 valence electrons. The van der Waals surface area contributed by atoms with E-state index in [1.165, 1.54) is 17.7 Å². The lowest BCUT2D eigenvalue weighted by Crippen LogP contribution is -2.17. The molecule has 19 heavy (non-hydrogen) atoms. The Hall–Kier alpha value is -1.97. The molecule has 1 aliphatic rings. The topological polar surface area (TPSA) is 39.1 Å². The molecule has 0 bridgehead atoms. The molecule has 1 aromatic heterocycles. The minimum atomic E-state index is 0.367. The lowest BCUT2D eigenvalue weighted by molar-refractivity contribution is 0.415. The van der Waals surface area contributed by atoms with Crippen LogP contribution in [-0.2, 0) is 13.5 Å². The van der Waals surface area contributed by atoms with Gasteiger partial charge in [0.05, 0.1) is 19.3 Å². The first-order valence-electron chi connectivity index (χ1n) is 6.69. The Morgan fingerprint density at radius 3 is 2.84 bits per heavy atom. The number of fused-ring (bicyclic) bond motifs is 1. The predicted octanol–water partition coefficient (Wildman–Crippen LogP) is 2.92. The number of ether oxygens (including phenoxy) is 1. The van der Waals surface area contributed by atoms with E-state index in [4.69, 9.17) is 4.74 Å². The fourth-order valence-corrected chi connectivity index (χ4v) is 2.74. The minimum Gasteiger partial charge on any atom is -0.497 e. The molecule has 1 aliphatic carbocycles. The molecule has 0 amide bonds. The van der Waals surface area contributed by atoms with Gasteiger partial charge in [0, 0.05) is 24.0 Å². The van der Waals surface area contributed by atoms with Crippen molar-refractivity contribution in [2.75, 3.05) is 12.4 Å². The van der Waals surface area contributed by atoms with E-state index >= 15 is 0 Å². The van der Waals surface area contributed by atoms with Gasteiger partial charge in [-0.1, -0.05) is 0 Å². The van der Waals surface area contributed by atoms with Gasteiger partial charge in [0.1, 0.15) is 5.75 Å². The maximum Gasteiger partial charge on any atom is 0.119 e. The highest BCUT2D eigenvalue weighted by molar-refractivity contribution is 5.48. The summed E-state index contributed by atoms with van der Waals surface area (Å²) in [5, 5.41) is 7.97. The number of nitrogens with one attached hydrogen (secondary N) is 1. The first kappa shape index (κ1) is 12.1. The Bertz CT molecular complexity index is 559. The third kappa shape index (κ3) is 2.30. The van der Waals surface area contributed by atoms with Gasteiger partial charge in [-0.25, -0.2) is 0 Å². The summed E-state index contributed by atoms with van der Waals surface area (Å²) in [5.74, 6) is 0.885. The standard InChI is InChI=1S/C15H19N3O/c1-18-15-5-3-4-14(13(15)10-16-18)17-11-6-8-12(19-2)9-7-11/h6-10,14,17H,3-5H2,1-2H3. The molecule has 0 aliphatic heterocycles. The summed E-state index contributed by atoms with van der Waals surface area (Å²) in [6.45, 7) is 0. The molecule has 0 fully saturated rings. The molecule has 1 N–H and O–H groups in total. The lowest BCUT2D eigenvalue weighted by atomic mass is 9.93. The Labute approximate surface area is 113 Å². The normalized spacial score (nSPS) is 17.9. The number of anilines is 1. The molecule has 2 aromatic rings. The van der Waals surface area contributed by atoms with E-state index in [0.717, 1.165) is 24.3 Å². The van der Waals surface area contributed by atoms with Crippen molar-refractivity contribution in [3.8, 4) is 5.75 Å². The van der Waals surface area contributed by atoms with Crippen LogP contribution in [0.1, 0.15) is 30.1 Å². The second-order valence-electron chi connectivity index (χ2n) is 4.99. The molecule has 1 unspecified atom stereocenters. The number of aryl methyl sites for hydroxylation is 1. The van der Waals surface area contributed by atoms with Gasteiger partial charge in [-0.15, -0.1) is 0 Å². The molecule has 3 rings (SSSR count). The number of nitrogens with zero attached hydrogens (tertiary/aromatic N) is 2. The van der Waals surface area contributed by atoms with Gasteiger partial charge in [-0.2, -0.15) is 5.10 Å². The number of hydrogen-bond donors (Lipinski definition) is 1. The third-order valence-corrected chi connectivity index (χ3v) is 3.81. The van der Waals surface area contributed by atoms with Crippen molar-refractivity contribution in [2.24, 2.45) is 7.05 Å². The Balaban J connectivity index is 1.80. The molecule has 0 spiro atoms. The summed E-state index contributed by atoms with van der Waals surface area (Å²) in [6.07, 6.45) is 5.49. The average Bonchev–Trinajstić information content (AvgIpc) is 2.83. The molecule has 0 radical (unpaired) electrons. The lowest BCUT2D eigenvalue weighted by Gasteiger charge is -2.24. The van der Waals surface area contributed by atoms with Crippen LogP contribution in [0.15, 0.2) is 30.5 Å². The van der Waals surface area contributed by atoms with Gasteiger partial charge in [0.25, 0.3) is 0 Å². The van der Waals surface area contributed by atoms with E-state index in [1.807, 2.05) is 30.1 Å². The van der Waals surface area contributed by atoms with Crippen LogP contribution in [0.4, 0.5) is 5.69 Å². The van der Waals surface area contributed by atoms with Crippen LogP contribution in [0, 0.1) is 0 Å². The zero-order valence-corrected chi connectivity index (χ0v) is 11.4. The molecule has 4 heteroatoms. The van der Waals surface area contributed by atoms with Crippen LogP contribution in [0.3, 0.4) is 0 Å². The fourth-order valence-electron chi connectivity index (χ4n) is 2.74. The summed E-state index contributed by atoms with van der Waals surface area (Å²) in [7, 11) is 3.71. The molecular weight excluding hydrogens is 238 g/mol. The van der Waals surface area contributed by atoms with Crippen molar-refractivity contribution < 1.29 is 4.74 Å². The smallest absolute Gasteiger partial charge is 0.119 e. The maximum atomic E-state index is 5.18. The SMILES string of the molecule is COc1ccc(NC2CCCc3c2cnn3C)cc1. The van der Waals surface area contributed by atoms with Crippen LogP contribution in [0.2, 0.25) is 0 Å². The van der Waals surface area contributed by atoms with Gasteiger partial charge in [0.15, 0.2) is 0 Å². The Morgan fingerprint density at radius 2 is 2.11 bits per heavy atom. The van der Waals surface area contributed by atoms with E-state index in [2.05, 4.69) is 22.5 Å². The monoisotopic (exact) mass is 257 g/mol. The molecule has 1 heterocycles. The van der Waals surface area contributed by atoms with Crippen molar-refractivity contribution >= 4 is 5.69 Å². The largest absolute Gasteiger partial charge is 0.497 e. The molecule has 1 atom stereocenters. The summed E-state index contributed by atoms with van der Waals surface area (Å²) in [5.41, 5.74) is 3.82. The van der Waals surface area contributed by atoms with Crippen LogP contribution in [0.5, 0.6) is 5.75 Å². The summed E-state index contributed by atoms with van der Waals surface area (Å²) >= 11 is 0. The van der Waals surface area contributed by atoms with Crippen molar-refractivity contribution in [1.82, 2.24) is 9.78 Å². The molecule has 1 aromatic carbocycles. The van der Waals surface area contributed by atoms with Gasteiger partial charge >= 0.3 is 0 Å². The number of aromatic nitrogens is 2. The van der Waals surface area contributed by atoms with E-state index in [9.17, 15) is 0 Å². The fraction of sp³-hybridized carbons (Fsp3) is 0.400. The van der Waals surface area contributed by atoms with Crippen LogP contribution < -0.4 is 10.1 Å². The van der Waals surface area contributed by atoms with Gasteiger partial charge in [-0.3, -0.25) is 4.68 Å². The highest BCUT2D eigenvalue weighted by Gasteiger charge is 2.23. The number of rotatable bonds is 3. The van der Waals surface area contributed by atoms with Crippen molar-refractivity contribution in [2.45, 2.75) is 25.3 Å². The van der Waals surface area contributed by atoms with Crippen LogP contribution in [0.25, 0.3) is 0 Å². The number of methoxy groups -OCH3 is 1. The summed E-state index contributed by atoms with van der Waals surface area (Å²) < 4.78 is 7.17. The molecule has 0 saturated heterocycles. The van der Waals surface area contributed by atoms with Crippen LogP contribution in [-0.4, -0.2) is 16.9 Å². The first-order chi connectivity index (χ1) is 9.28. The van der Waals surface area contributed by atoms with Crippen LogP contribution >= 0.6 is 0 Å². The van der Waals surface area contributed by atoms with E-state index in [0.29, 0.717) is 6.04 Å². The zero-order chi connectivity index (χ0) is 13.2. The summed E-state index contributed by atoms with van der Waals surface area (Å²) in [4.78, 5) is 0. The first-order valence-corrected chi connectivity index (χ1v) is 6.69. The molecular formula is C15H19N3O. The van der Waals surface area contributed by atoms with Gasteiger partial charge in [-0.05, 0) is 43.5 Å². The summed E-state index contributed by atoms with van der Waals surface area (Å²) in [6, 6.07) is 8.45. The zero-order valence-electron chi connectivity index (χ0n) is 11.4. The van der Waals surface area contributed by atoms with E-state index in [1.54, 1.807) is 7.11 Å². The quantitative estimate of drug-likeness (QED) is 0.919. The van der Waals surface area contributed by atoms with Crippen molar-refractivity contribution in [3.63, 3.8) is 0 Å². The van der Waals surface area contributed by atoms with E-state index in [-0.39, 0.29) is 0 Å². The third-order valence-electron chi connectivity index (χ3n) is 3.81. The van der Waals surface area contributed by atoms with Gasteiger partial charge in [0.2, 0.25) is 0 Å². The highest BCUT2D eigenvalue weighted by Crippen LogP contribution is 2.32. The molecule has 0 saturated carbocycles. The average molecular weight is 257 g/mol. The Kier molecular flexibility index (Phi) is 3.15. The van der Waals surface area contributed by atoms with E-state index < -0.39 is 0 Å². The van der Waals surface area contributed by atoms with Crippen molar-refractivity contribution in [1.29, 1.82) is 0 Å². The highest BCUT2D eigenvalue weighted by atomic mass is 16.5.